The van der Waals surface area contributed by atoms with Crippen LogP contribution in [0.2, 0.25) is 0 Å². The Hall–Kier alpha value is -0.780. The van der Waals surface area contributed by atoms with E-state index in [9.17, 15) is 18.0 Å². The van der Waals surface area contributed by atoms with Crippen molar-refractivity contribution in [2.75, 3.05) is 19.6 Å². The van der Waals surface area contributed by atoms with Gasteiger partial charge in [0.1, 0.15) is 6.54 Å². The van der Waals surface area contributed by atoms with E-state index in [1.54, 1.807) is 0 Å². The summed E-state index contributed by atoms with van der Waals surface area (Å²) in [5.41, 5.74) is -0.770. The standard InChI is InChI=1S/C14H25F3N2O/c1-3-5-10-19(11-14(15,16)17)12(20)13(7-4-2)8-6-9-18-13/h18H,3-11H2,1-2H3. The molecule has 0 saturated carbocycles. The van der Waals surface area contributed by atoms with Gasteiger partial charge < -0.3 is 10.2 Å². The van der Waals surface area contributed by atoms with Gasteiger partial charge in [0, 0.05) is 6.54 Å². The molecule has 118 valence electrons. The lowest BCUT2D eigenvalue weighted by Gasteiger charge is -2.35. The number of alkyl halides is 3. The van der Waals surface area contributed by atoms with E-state index in [1.165, 1.54) is 0 Å². The van der Waals surface area contributed by atoms with Crippen molar-refractivity contribution in [3.05, 3.63) is 0 Å². The quantitative estimate of drug-likeness (QED) is 0.782. The summed E-state index contributed by atoms with van der Waals surface area (Å²) in [5.74, 6) is -0.373. The largest absolute Gasteiger partial charge is 0.406 e. The first-order valence-electron chi connectivity index (χ1n) is 7.46. The van der Waals surface area contributed by atoms with Crippen LogP contribution in [0.25, 0.3) is 0 Å². The number of rotatable bonds is 7. The summed E-state index contributed by atoms with van der Waals surface area (Å²) in [6.45, 7) is 3.61. The van der Waals surface area contributed by atoms with Crippen molar-refractivity contribution in [1.82, 2.24) is 10.2 Å². The zero-order valence-electron chi connectivity index (χ0n) is 12.4. The van der Waals surface area contributed by atoms with E-state index in [0.717, 1.165) is 24.2 Å². The van der Waals surface area contributed by atoms with Crippen LogP contribution in [0.4, 0.5) is 13.2 Å². The topological polar surface area (TPSA) is 32.3 Å². The van der Waals surface area contributed by atoms with Crippen molar-refractivity contribution in [1.29, 1.82) is 0 Å². The lowest BCUT2D eigenvalue weighted by Crippen LogP contribution is -2.56. The first-order chi connectivity index (χ1) is 9.34. The van der Waals surface area contributed by atoms with Gasteiger partial charge >= 0.3 is 6.18 Å². The Balaban J connectivity index is 2.83. The van der Waals surface area contributed by atoms with E-state index in [1.807, 2.05) is 13.8 Å². The van der Waals surface area contributed by atoms with Gasteiger partial charge in [0.05, 0.1) is 5.54 Å². The molecule has 1 rings (SSSR count). The maximum absolute atomic E-state index is 12.7. The van der Waals surface area contributed by atoms with Gasteiger partial charge in [0.15, 0.2) is 0 Å². The van der Waals surface area contributed by atoms with Crippen molar-refractivity contribution in [3.63, 3.8) is 0 Å². The molecule has 1 atom stereocenters. The van der Waals surface area contributed by atoms with Crippen LogP contribution in [0, 0.1) is 0 Å². The van der Waals surface area contributed by atoms with Crippen molar-refractivity contribution in [3.8, 4) is 0 Å². The third-order valence-corrected chi connectivity index (χ3v) is 3.77. The van der Waals surface area contributed by atoms with Crippen LogP contribution in [0.5, 0.6) is 0 Å². The molecule has 0 bridgehead atoms. The molecule has 1 aliphatic rings. The van der Waals surface area contributed by atoms with Crippen LogP contribution < -0.4 is 5.32 Å². The summed E-state index contributed by atoms with van der Waals surface area (Å²) in [6.07, 6.45) is -0.0898. The SMILES string of the molecule is CCCCN(CC(F)(F)F)C(=O)C1(CCC)CCCN1. The molecule has 1 heterocycles. The van der Waals surface area contributed by atoms with E-state index in [0.29, 0.717) is 25.8 Å². The van der Waals surface area contributed by atoms with Gasteiger partial charge in [0.2, 0.25) is 5.91 Å². The summed E-state index contributed by atoms with van der Waals surface area (Å²) < 4.78 is 38.0. The third-order valence-electron chi connectivity index (χ3n) is 3.77. The fourth-order valence-corrected chi connectivity index (χ4v) is 2.86. The molecule has 1 fully saturated rings. The molecule has 0 spiro atoms. The number of amides is 1. The number of hydrogen-bond donors (Lipinski definition) is 1. The van der Waals surface area contributed by atoms with E-state index < -0.39 is 18.3 Å². The summed E-state index contributed by atoms with van der Waals surface area (Å²) in [5, 5.41) is 3.15. The molecular formula is C14H25F3N2O. The van der Waals surface area contributed by atoms with E-state index >= 15 is 0 Å². The molecule has 0 radical (unpaired) electrons. The fourth-order valence-electron chi connectivity index (χ4n) is 2.86. The Morgan fingerprint density at radius 1 is 1.30 bits per heavy atom. The lowest BCUT2D eigenvalue weighted by atomic mass is 9.90. The number of halogens is 3. The van der Waals surface area contributed by atoms with E-state index in [-0.39, 0.29) is 12.5 Å². The molecule has 1 saturated heterocycles. The van der Waals surface area contributed by atoms with Crippen LogP contribution in [0.3, 0.4) is 0 Å². The number of nitrogens with one attached hydrogen (secondary N) is 1. The predicted molar refractivity (Wildman–Crippen MR) is 72.4 cm³/mol. The summed E-state index contributed by atoms with van der Waals surface area (Å²) >= 11 is 0. The second kappa shape index (κ2) is 7.29. The van der Waals surface area contributed by atoms with Gasteiger partial charge in [-0.15, -0.1) is 0 Å². The summed E-state index contributed by atoms with van der Waals surface area (Å²) in [6, 6.07) is 0. The number of carbonyl (C=O) groups excluding carboxylic acids is 1. The first kappa shape index (κ1) is 17.3. The Morgan fingerprint density at radius 3 is 2.45 bits per heavy atom. The summed E-state index contributed by atoms with van der Waals surface area (Å²) in [4.78, 5) is 13.6. The van der Waals surface area contributed by atoms with Crippen LogP contribution in [-0.4, -0.2) is 42.2 Å². The van der Waals surface area contributed by atoms with Crippen LogP contribution in [0.1, 0.15) is 52.4 Å². The van der Waals surface area contributed by atoms with Crippen LogP contribution >= 0.6 is 0 Å². The molecule has 0 aromatic rings. The highest BCUT2D eigenvalue weighted by atomic mass is 19.4. The Bertz CT molecular complexity index is 312. The van der Waals surface area contributed by atoms with Crippen LogP contribution in [0.15, 0.2) is 0 Å². The van der Waals surface area contributed by atoms with Crippen molar-refractivity contribution in [2.24, 2.45) is 0 Å². The molecule has 1 unspecified atom stereocenters. The highest BCUT2D eigenvalue weighted by Gasteiger charge is 2.44. The molecule has 3 nitrogen and oxygen atoms in total. The van der Waals surface area contributed by atoms with E-state index in [2.05, 4.69) is 5.32 Å². The zero-order valence-corrected chi connectivity index (χ0v) is 12.4. The van der Waals surface area contributed by atoms with E-state index in [4.69, 9.17) is 0 Å². The fraction of sp³-hybridized carbons (Fsp3) is 0.929. The minimum Gasteiger partial charge on any atom is -0.332 e. The normalized spacial score (nSPS) is 23.1. The Labute approximate surface area is 118 Å². The van der Waals surface area contributed by atoms with Gasteiger partial charge in [-0.25, -0.2) is 0 Å². The van der Waals surface area contributed by atoms with Gasteiger partial charge in [-0.1, -0.05) is 26.7 Å². The minimum atomic E-state index is -4.34. The van der Waals surface area contributed by atoms with Crippen LogP contribution in [-0.2, 0) is 4.79 Å². The average Bonchev–Trinajstić information content (AvgIpc) is 2.82. The Morgan fingerprint density at radius 2 is 2.00 bits per heavy atom. The molecule has 1 aliphatic heterocycles. The highest BCUT2D eigenvalue weighted by Crippen LogP contribution is 2.29. The molecule has 1 N–H and O–H groups in total. The third kappa shape index (κ3) is 4.65. The lowest BCUT2D eigenvalue weighted by molar-refractivity contribution is -0.165. The molecule has 20 heavy (non-hydrogen) atoms. The molecule has 0 aromatic heterocycles. The molecule has 6 heteroatoms. The second-order valence-corrected chi connectivity index (χ2v) is 5.56. The minimum absolute atomic E-state index is 0.183. The smallest absolute Gasteiger partial charge is 0.332 e. The van der Waals surface area contributed by atoms with Crippen molar-refractivity contribution >= 4 is 5.91 Å². The average molecular weight is 294 g/mol. The predicted octanol–water partition coefficient (Wildman–Crippen LogP) is 3.10. The van der Waals surface area contributed by atoms with Gasteiger partial charge in [-0.3, -0.25) is 4.79 Å². The zero-order chi connectivity index (χ0) is 15.2. The monoisotopic (exact) mass is 294 g/mol. The Kier molecular flexibility index (Phi) is 6.30. The summed E-state index contributed by atoms with van der Waals surface area (Å²) in [7, 11) is 0. The van der Waals surface area contributed by atoms with Gasteiger partial charge in [0.25, 0.3) is 0 Å². The number of unbranched alkanes of at least 4 members (excludes halogenated alkanes) is 1. The highest BCUT2D eigenvalue weighted by molar-refractivity contribution is 5.86. The van der Waals surface area contributed by atoms with Gasteiger partial charge in [-0.2, -0.15) is 13.2 Å². The maximum Gasteiger partial charge on any atom is 0.406 e. The number of nitrogens with zero attached hydrogens (tertiary/aromatic N) is 1. The molecule has 0 aromatic carbocycles. The second-order valence-electron chi connectivity index (χ2n) is 5.56. The van der Waals surface area contributed by atoms with Gasteiger partial charge in [-0.05, 0) is 32.2 Å². The first-order valence-corrected chi connectivity index (χ1v) is 7.46. The molecule has 1 amide bonds. The van der Waals surface area contributed by atoms with Crippen molar-refractivity contribution < 1.29 is 18.0 Å². The maximum atomic E-state index is 12.7. The molecule has 0 aliphatic carbocycles. The number of carbonyl (C=O) groups is 1. The molecular weight excluding hydrogens is 269 g/mol. The van der Waals surface area contributed by atoms with Crippen molar-refractivity contribution in [2.45, 2.75) is 64.1 Å². The number of hydrogen-bond acceptors (Lipinski definition) is 2.